The van der Waals surface area contributed by atoms with E-state index in [0.29, 0.717) is 24.2 Å². The van der Waals surface area contributed by atoms with Crippen molar-refractivity contribution in [3.8, 4) is 0 Å². The van der Waals surface area contributed by atoms with E-state index in [2.05, 4.69) is 22.5 Å². The standard InChI is InChI=1S/C15H21N3O2/c1-3-10-17-15(20)12-7-4-5-8-13(12)18-14(19)9-6-11-16-2/h3-5,7-8,16H,1,6,9-11H2,2H3,(H,17,20)(H,18,19). The lowest BCUT2D eigenvalue weighted by molar-refractivity contribution is -0.116. The number of amides is 2. The molecule has 2 amide bonds. The topological polar surface area (TPSA) is 70.2 Å². The van der Waals surface area contributed by atoms with Gasteiger partial charge >= 0.3 is 0 Å². The Bertz CT molecular complexity index is 472. The lowest BCUT2D eigenvalue weighted by atomic mass is 10.1. The minimum absolute atomic E-state index is 0.0933. The molecular formula is C15H21N3O2. The van der Waals surface area contributed by atoms with Gasteiger partial charge in [0.05, 0.1) is 11.3 Å². The monoisotopic (exact) mass is 275 g/mol. The molecule has 0 heterocycles. The van der Waals surface area contributed by atoms with Gasteiger partial charge < -0.3 is 16.0 Å². The fourth-order valence-electron chi connectivity index (χ4n) is 1.69. The number of anilines is 1. The van der Waals surface area contributed by atoms with E-state index >= 15 is 0 Å². The summed E-state index contributed by atoms with van der Waals surface area (Å²) in [5.74, 6) is -0.319. The van der Waals surface area contributed by atoms with E-state index in [1.807, 2.05) is 7.05 Å². The molecule has 5 nitrogen and oxygen atoms in total. The van der Waals surface area contributed by atoms with Crippen LogP contribution in [0.5, 0.6) is 0 Å². The van der Waals surface area contributed by atoms with Gasteiger partial charge in [-0.1, -0.05) is 18.2 Å². The zero-order valence-corrected chi connectivity index (χ0v) is 11.7. The molecule has 1 aromatic carbocycles. The average molecular weight is 275 g/mol. The Balaban J connectivity index is 2.67. The predicted molar refractivity (Wildman–Crippen MR) is 80.8 cm³/mol. The van der Waals surface area contributed by atoms with Gasteiger partial charge in [0.2, 0.25) is 5.91 Å². The maximum Gasteiger partial charge on any atom is 0.253 e. The summed E-state index contributed by atoms with van der Waals surface area (Å²) in [7, 11) is 1.84. The largest absolute Gasteiger partial charge is 0.349 e. The molecule has 0 aromatic heterocycles. The summed E-state index contributed by atoms with van der Waals surface area (Å²) < 4.78 is 0. The molecule has 0 aliphatic rings. The molecule has 1 rings (SSSR count). The second-order valence-corrected chi connectivity index (χ2v) is 4.30. The molecule has 0 atom stereocenters. The van der Waals surface area contributed by atoms with Crippen LogP contribution in [0, 0.1) is 0 Å². The zero-order chi connectivity index (χ0) is 14.8. The van der Waals surface area contributed by atoms with Crippen LogP contribution in [0.15, 0.2) is 36.9 Å². The summed E-state index contributed by atoms with van der Waals surface area (Å²) in [5, 5.41) is 8.46. The van der Waals surface area contributed by atoms with E-state index in [-0.39, 0.29) is 11.8 Å². The number of carbonyl (C=O) groups is 2. The highest BCUT2D eigenvalue weighted by molar-refractivity contribution is 6.03. The minimum atomic E-state index is -0.226. The number of hydrogen-bond donors (Lipinski definition) is 3. The Morgan fingerprint density at radius 3 is 2.75 bits per heavy atom. The molecule has 5 heteroatoms. The van der Waals surface area contributed by atoms with Crippen molar-refractivity contribution in [3.63, 3.8) is 0 Å². The van der Waals surface area contributed by atoms with Gasteiger partial charge in [-0.15, -0.1) is 6.58 Å². The first-order valence-electron chi connectivity index (χ1n) is 6.61. The van der Waals surface area contributed by atoms with E-state index in [0.717, 1.165) is 13.0 Å². The second-order valence-electron chi connectivity index (χ2n) is 4.30. The minimum Gasteiger partial charge on any atom is -0.349 e. The van der Waals surface area contributed by atoms with Gasteiger partial charge in [-0.3, -0.25) is 9.59 Å². The highest BCUT2D eigenvalue weighted by Crippen LogP contribution is 2.15. The van der Waals surface area contributed by atoms with E-state index in [9.17, 15) is 9.59 Å². The maximum absolute atomic E-state index is 11.9. The molecule has 0 aliphatic heterocycles. The number of nitrogens with one attached hydrogen (secondary N) is 3. The Morgan fingerprint density at radius 2 is 2.05 bits per heavy atom. The van der Waals surface area contributed by atoms with Crippen LogP contribution in [0.3, 0.4) is 0 Å². The fraction of sp³-hybridized carbons (Fsp3) is 0.333. The van der Waals surface area contributed by atoms with Gasteiger partial charge in [0, 0.05) is 13.0 Å². The van der Waals surface area contributed by atoms with Crippen molar-refractivity contribution in [2.75, 3.05) is 25.5 Å². The Kier molecular flexibility index (Phi) is 7.06. The number of para-hydroxylation sites is 1. The summed E-state index contributed by atoms with van der Waals surface area (Å²) in [6.07, 6.45) is 2.79. The van der Waals surface area contributed by atoms with Crippen molar-refractivity contribution >= 4 is 17.5 Å². The molecule has 0 aliphatic carbocycles. The number of rotatable bonds is 8. The van der Waals surface area contributed by atoms with Crippen LogP contribution < -0.4 is 16.0 Å². The number of hydrogen-bond acceptors (Lipinski definition) is 3. The fourth-order valence-corrected chi connectivity index (χ4v) is 1.69. The van der Waals surface area contributed by atoms with Crippen LogP contribution in [-0.2, 0) is 4.79 Å². The first-order valence-corrected chi connectivity index (χ1v) is 6.61. The highest BCUT2D eigenvalue weighted by atomic mass is 16.2. The molecule has 108 valence electrons. The van der Waals surface area contributed by atoms with Crippen molar-refractivity contribution in [2.45, 2.75) is 12.8 Å². The van der Waals surface area contributed by atoms with Gasteiger partial charge in [-0.2, -0.15) is 0 Å². The summed E-state index contributed by atoms with van der Waals surface area (Å²) in [6, 6.07) is 6.95. The molecule has 0 bridgehead atoms. The summed E-state index contributed by atoms with van der Waals surface area (Å²) in [6.45, 7) is 4.73. The molecule has 0 saturated heterocycles. The Hall–Kier alpha value is -2.14. The van der Waals surface area contributed by atoms with Crippen molar-refractivity contribution in [2.24, 2.45) is 0 Å². The van der Waals surface area contributed by atoms with Gasteiger partial charge in [0.25, 0.3) is 5.91 Å². The SMILES string of the molecule is C=CCNC(=O)c1ccccc1NC(=O)CCCNC. The third-order valence-corrected chi connectivity index (χ3v) is 2.68. The molecule has 3 N–H and O–H groups in total. The number of carbonyl (C=O) groups excluding carboxylic acids is 2. The van der Waals surface area contributed by atoms with Crippen LogP contribution in [-0.4, -0.2) is 32.0 Å². The predicted octanol–water partition coefficient (Wildman–Crippen LogP) is 1.54. The lowest BCUT2D eigenvalue weighted by Gasteiger charge is -2.10. The zero-order valence-electron chi connectivity index (χ0n) is 11.7. The third kappa shape index (κ3) is 5.24. The molecule has 0 fully saturated rings. The smallest absolute Gasteiger partial charge is 0.253 e. The van der Waals surface area contributed by atoms with Gasteiger partial charge in [-0.05, 0) is 32.1 Å². The normalized spacial score (nSPS) is 9.85. The van der Waals surface area contributed by atoms with Crippen LogP contribution >= 0.6 is 0 Å². The van der Waals surface area contributed by atoms with Gasteiger partial charge in [0.15, 0.2) is 0 Å². The van der Waals surface area contributed by atoms with Crippen LogP contribution in [0.4, 0.5) is 5.69 Å². The summed E-state index contributed by atoms with van der Waals surface area (Å²) in [5.41, 5.74) is 0.986. The molecule has 0 radical (unpaired) electrons. The lowest BCUT2D eigenvalue weighted by Crippen LogP contribution is -2.25. The molecular weight excluding hydrogens is 254 g/mol. The number of benzene rings is 1. The molecule has 0 saturated carbocycles. The van der Waals surface area contributed by atoms with Crippen LogP contribution in [0.25, 0.3) is 0 Å². The molecule has 0 unspecified atom stereocenters. The van der Waals surface area contributed by atoms with Gasteiger partial charge in [0.1, 0.15) is 0 Å². The van der Waals surface area contributed by atoms with Crippen LogP contribution in [0.1, 0.15) is 23.2 Å². The molecule has 0 spiro atoms. The van der Waals surface area contributed by atoms with Gasteiger partial charge in [-0.25, -0.2) is 0 Å². The third-order valence-electron chi connectivity index (χ3n) is 2.68. The Labute approximate surface area is 119 Å². The van der Waals surface area contributed by atoms with Crippen molar-refractivity contribution < 1.29 is 9.59 Å². The molecule has 20 heavy (non-hydrogen) atoms. The quantitative estimate of drug-likeness (QED) is 0.498. The second kappa shape index (κ2) is 8.87. The van der Waals surface area contributed by atoms with E-state index in [1.165, 1.54) is 0 Å². The van der Waals surface area contributed by atoms with Crippen molar-refractivity contribution in [1.29, 1.82) is 0 Å². The first-order chi connectivity index (χ1) is 9.69. The van der Waals surface area contributed by atoms with E-state index in [4.69, 9.17) is 0 Å². The summed E-state index contributed by atoms with van der Waals surface area (Å²) >= 11 is 0. The first kappa shape index (κ1) is 15.9. The average Bonchev–Trinajstić information content (AvgIpc) is 2.45. The molecule has 1 aromatic rings. The van der Waals surface area contributed by atoms with Crippen molar-refractivity contribution in [3.05, 3.63) is 42.5 Å². The van der Waals surface area contributed by atoms with Crippen LogP contribution in [0.2, 0.25) is 0 Å². The highest BCUT2D eigenvalue weighted by Gasteiger charge is 2.11. The van der Waals surface area contributed by atoms with Crippen molar-refractivity contribution in [1.82, 2.24) is 10.6 Å². The maximum atomic E-state index is 11.9. The summed E-state index contributed by atoms with van der Waals surface area (Å²) in [4.78, 5) is 23.7. The van der Waals surface area contributed by atoms with E-state index in [1.54, 1.807) is 30.3 Å². The van der Waals surface area contributed by atoms with E-state index < -0.39 is 0 Å². The Morgan fingerprint density at radius 1 is 1.30 bits per heavy atom.